The van der Waals surface area contributed by atoms with Gasteiger partial charge in [-0.2, -0.15) is 0 Å². The summed E-state index contributed by atoms with van der Waals surface area (Å²) in [5, 5.41) is 0. The fourth-order valence-corrected chi connectivity index (χ4v) is 3.01. The lowest BCUT2D eigenvalue weighted by atomic mass is 9.82. The Morgan fingerprint density at radius 3 is 2.38 bits per heavy atom. The summed E-state index contributed by atoms with van der Waals surface area (Å²) < 4.78 is 18.8. The Bertz CT molecular complexity index is 460. The van der Waals surface area contributed by atoms with E-state index >= 15 is 0 Å². The van der Waals surface area contributed by atoms with Crippen molar-refractivity contribution in [3.63, 3.8) is 0 Å². The second-order valence-corrected chi connectivity index (χ2v) is 5.05. The van der Waals surface area contributed by atoms with Gasteiger partial charge in [0.2, 0.25) is 0 Å². The monoisotopic (exact) mass is 295 g/mol. The molecule has 0 aliphatic heterocycles. The van der Waals surface area contributed by atoms with Crippen LogP contribution in [0.1, 0.15) is 46.1 Å². The van der Waals surface area contributed by atoms with Gasteiger partial charge in [0.1, 0.15) is 5.82 Å². The highest BCUT2D eigenvalue weighted by Crippen LogP contribution is 2.36. The number of carbonyl (C=O) groups is 1. The summed E-state index contributed by atoms with van der Waals surface area (Å²) in [6, 6.07) is 6.55. The van der Waals surface area contributed by atoms with Crippen molar-refractivity contribution < 1.29 is 13.9 Å². The van der Waals surface area contributed by atoms with Crippen LogP contribution in [0.25, 0.3) is 0 Å². The molecule has 1 aromatic rings. The molecule has 3 nitrogen and oxygen atoms in total. The third-order valence-corrected chi connectivity index (χ3v) is 4.06. The molecule has 0 bridgehead atoms. The molecule has 1 atom stereocenters. The first-order chi connectivity index (χ1) is 10.0. The standard InChI is InChI=1S/C17H26FNO2/c1-5-17(19(6-2)7-3,13-16(20)21-8-4)14-10-9-11-15(18)12-14/h9-12H,5-8,13H2,1-4H3. The Morgan fingerprint density at radius 2 is 1.90 bits per heavy atom. The summed E-state index contributed by atoms with van der Waals surface area (Å²) in [6.07, 6.45) is 0.958. The minimum absolute atomic E-state index is 0.239. The highest BCUT2D eigenvalue weighted by atomic mass is 19.1. The fraction of sp³-hybridized carbons (Fsp3) is 0.588. The third-order valence-electron chi connectivity index (χ3n) is 4.06. The molecular formula is C17H26FNO2. The Labute approximate surface area is 127 Å². The van der Waals surface area contributed by atoms with Gasteiger partial charge in [-0.05, 0) is 44.1 Å². The maximum atomic E-state index is 13.7. The minimum atomic E-state index is -0.516. The van der Waals surface area contributed by atoms with Gasteiger partial charge in [0.15, 0.2) is 0 Å². The number of hydrogen-bond acceptors (Lipinski definition) is 3. The molecule has 0 radical (unpaired) electrons. The quantitative estimate of drug-likeness (QED) is 0.684. The molecule has 1 unspecified atom stereocenters. The van der Waals surface area contributed by atoms with Gasteiger partial charge in [-0.3, -0.25) is 9.69 Å². The normalized spacial score (nSPS) is 14.0. The molecule has 118 valence electrons. The van der Waals surface area contributed by atoms with E-state index in [1.165, 1.54) is 12.1 Å². The molecule has 1 aromatic carbocycles. The summed E-state index contributed by atoms with van der Waals surface area (Å²) in [5.74, 6) is -0.517. The fourth-order valence-electron chi connectivity index (χ4n) is 3.01. The van der Waals surface area contributed by atoms with Crippen molar-refractivity contribution in [1.29, 1.82) is 0 Å². The van der Waals surface area contributed by atoms with Crippen molar-refractivity contribution in [2.24, 2.45) is 0 Å². The topological polar surface area (TPSA) is 29.5 Å². The molecule has 21 heavy (non-hydrogen) atoms. The van der Waals surface area contributed by atoms with Gasteiger partial charge in [0, 0.05) is 0 Å². The van der Waals surface area contributed by atoms with Crippen LogP contribution in [-0.2, 0) is 15.1 Å². The maximum Gasteiger partial charge on any atom is 0.308 e. The molecule has 0 fully saturated rings. The molecule has 0 spiro atoms. The number of benzene rings is 1. The van der Waals surface area contributed by atoms with Crippen LogP contribution in [0, 0.1) is 5.82 Å². The van der Waals surface area contributed by atoms with Crippen LogP contribution in [-0.4, -0.2) is 30.6 Å². The van der Waals surface area contributed by atoms with E-state index in [1.54, 1.807) is 13.0 Å². The van der Waals surface area contributed by atoms with Gasteiger partial charge in [-0.25, -0.2) is 4.39 Å². The van der Waals surface area contributed by atoms with Crippen molar-refractivity contribution in [2.75, 3.05) is 19.7 Å². The predicted molar refractivity (Wildman–Crippen MR) is 82.5 cm³/mol. The van der Waals surface area contributed by atoms with Crippen molar-refractivity contribution >= 4 is 5.97 Å². The second-order valence-electron chi connectivity index (χ2n) is 5.05. The molecule has 0 aliphatic carbocycles. The van der Waals surface area contributed by atoms with E-state index in [-0.39, 0.29) is 18.2 Å². The highest BCUT2D eigenvalue weighted by molar-refractivity contribution is 5.71. The molecule has 0 aromatic heterocycles. The van der Waals surface area contributed by atoms with Crippen molar-refractivity contribution in [2.45, 2.75) is 46.1 Å². The zero-order valence-electron chi connectivity index (χ0n) is 13.5. The largest absolute Gasteiger partial charge is 0.466 e. The zero-order valence-corrected chi connectivity index (χ0v) is 13.5. The molecule has 0 saturated heterocycles. The van der Waals surface area contributed by atoms with E-state index in [0.717, 1.165) is 25.1 Å². The number of esters is 1. The zero-order chi connectivity index (χ0) is 15.9. The van der Waals surface area contributed by atoms with Gasteiger partial charge < -0.3 is 4.74 Å². The summed E-state index contributed by atoms with van der Waals surface area (Å²) in [6.45, 7) is 9.88. The van der Waals surface area contributed by atoms with Crippen LogP contribution >= 0.6 is 0 Å². The van der Waals surface area contributed by atoms with Crippen molar-refractivity contribution in [1.82, 2.24) is 4.90 Å². The molecular weight excluding hydrogens is 269 g/mol. The van der Waals surface area contributed by atoms with Gasteiger partial charge in [0.25, 0.3) is 0 Å². The highest BCUT2D eigenvalue weighted by Gasteiger charge is 2.38. The number of rotatable bonds is 8. The molecule has 4 heteroatoms. The van der Waals surface area contributed by atoms with Gasteiger partial charge in [0.05, 0.1) is 18.6 Å². The van der Waals surface area contributed by atoms with Gasteiger partial charge >= 0.3 is 5.97 Å². The Morgan fingerprint density at radius 1 is 1.24 bits per heavy atom. The molecule has 0 aliphatic rings. The predicted octanol–water partition coefficient (Wildman–Crippen LogP) is 3.73. The lowest BCUT2D eigenvalue weighted by molar-refractivity contribution is -0.147. The number of carbonyl (C=O) groups excluding carboxylic acids is 1. The Kier molecular flexibility index (Phi) is 6.82. The SMILES string of the molecule is CCOC(=O)CC(CC)(c1cccc(F)c1)N(CC)CC. The van der Waals surface area contributed by atoms with Crippen molar-refractivity contribution in [3.05, 3.63) is 35.6 Å². The average Bonchev–Trinajstić information content (AvgIpc) is 2.47. The second kappa shape index (κ2) is 8.13. The summed E-state index contributed by atoms with van der Waals surface area (Å²) in [7, 11) is 0. The van der Waals surface area contributed by atoms with E-state index in [2.05, 4.69) is 18.7 Å². The number of ether oxygens (including phenoxy) is 1. The van der Waals surface area contributed by atoms with Gasteiger partial charge in [-0.15, -0.1) is 0 Å². The molecule has 0 heterocycles. The van der Waals surface area contributed by atoms with E-state index < -0.39 is 5.54 Å². The summed E-state index contributed by atoms with van der Waals surface area (Å²) >= 11 is 0. The molecule has 0 amide bonds. The number of nitrogens with zero attached hydrogens (tertiary/aromatic N) is 1. The maximum absolute atomic E-state index is 13.7. The van der Waals surface area contributed by atoms with Crippen molar-refractivity contribution in [3.8, 4) is 0 Å². The Balaban J connectivity index is 3.28. The van der Waals surface area contributed by atoms with Gasteiger partial charge in [-0.1, -0.05) is 32.9 Å². The van der Waals surface area contributed by atoms with E-state index in [1.807, 2.05) is 13.0 Å². The first-order valence-electron chi connectivity index (χ1n) is 7.70. The average molecular weight is 295 g/mol. The summed E-state index contributed by atoms with van der Waals surface area (Å²) in [5.41, 5.74) is 0.319. The lowest BCUT2D eigenvalue weighted by Gasteiger charge is -2.42. The van der Waals surface area contributed by atoms with Crippen LogP contribution in [0.2, 0.25) is 0 Å². The third kappa shape index (κ3) is 4.03. The van der Waals surface area contributed by atoms with Crippen LogP contribution in [0.4, 0.5) is 4.39 Å². The van der Waals surface area contributed by atoms with E-state index in [0.29, 0.717) is 6.61 Å². The Hall–Kier alpha value is -1.42. The minimum Gasteiger partial charge on any atom is -0.466 e. The molecule has 0 saturated carbocycles. The van der Waals surface area contributed by atoms with Crippen LogP contribution in [0.5, 0.6) is 0 Å². The molecule has 0 N–H and O–H groups in total. The van der Waals surface area contributed by atoms with E-state index in [4.69, 9.17) is 4.74 Å². The lowest BCUT2D eigenvalue weighted by Crippen LogP contribution is -2.47. The van der Waals surface area contributed by atoms with Crippen LogP contribution in [0.15, 0.2) is 24.3 Å². The first kappa shape index (κ1) is 17.6. The first-order valence-corrected chi connectivity index (χ1v) is 7.70. The van der Waals surface area contributed by atoms with E-state index in [9.17, 15) is 9.18 Å². The van der Waals surface area contributed by atoms with Crippen LogP contribution < -0.4 is 0 Å². The number of halogens is 1. The summed E-state index contributed by atoms with van der Waals surface area (Å²) in [4.78, 5) is 14.3. The smallest absolute Gasteiger partial charge is 0.308 e. The number of hydrogen-bond donors (Lipinski definition) is 0. The van der Waals surface area contributed by atoms with Crippen LogP contribution in [0.3, 0.4) is 0 Å². The molecule has 1 rings (SSSR count).